The summed E-state index contributed by atoms with van der Waals surface area (Å²) in [5.41, 5.74) is 5.80. The fourth-order valence-corrected chi connectivity index (χ4v) is 5.31. The number of nitrogens with zero attached hydrogens (tertiary/aromatic N) is 1. The van der Waals surface area contributed by atoms with Gasteiger partial charge in [-0.05, 0) is 37.9 Å². The maximum atomic E-state index is 12.5. The van der Waals surface area contributed by atoms with E-state index in [4.69, 9.17) is 28.9 Å². The molecule has 0 aliphatic carbocycles. The second-order valence-corrected chi connectivity index (χ2v) is 8.00. The molecule has 5 nitrogen and oxygen atoms in total. The van der Waals surface area contributed by atoms with E-state index in [1.807, 2.05) is 0 Å². The van der Waals surface area contributed by atoms with Gasteiger partial charge in [-0.2, -0.15) is 0 Å². The number of halogens is 2. The fraction of sp³-hybridized carbons (Fsp3) is 0.538. The lowest BCUT2D eigenvalue weighted by Crippen LogP contribution is -2.42. The van der Waals surface area contributed by atoms with Gasteiger partial charge in [-0.25, -0.2) is 13.1 Å². The van der Waals surface area contributed by atoms with Crippen LogP contribution in [0.25, 0.3) is 0 Å². The molecule has 116 valence electrons. The van der Waals surface area contributed by atoms with Crippen LogP contribution in [-0.4, -0.2) is 38.5 Å². The van der Waals surface area contributed by atoms with Crippen molar-refractivity contribution in [2.45, 2.75) is 36.2 Å². The molecule has 0 bridgehead atoms. The van der Waals surface area contributed by atoms with Crippen molar-refractivity contribution in [2.75, 3.05) is 18.8 Å². The number of benzene rings is 1. The quantitative estimate of drug-likeness (QED) is 0.819. The third-order valence-electron chi connectivity index (χ3n) is 4.29. The predicted octanol–water partition coefficient (Wildman–Crippen LogP) is 2.09. The van der Waals surface area contributed by atoms with Crippen molar-refractivity contribution in [1.29, 1.82) is 0 Å². The van der Waals surface area contributed by atoms with Gasteiger partial charge in [0.15, 0.2) is 0 Å². The van der Waals surface area contributed by atoms with Gasteiger partial charge in [0.25, 0.3) is 0 Å². The van der Waals surface area contributed by atoms with Crippen molar-refractivity contribution in [3.05, 3.63) is 22.2 Å². The molecule has 0 saturated carbocycles. The molecule has 1 aromatic rings. The maximum absolute atomic E-state index is 12.5. The van der Waals surface area contributed by atoms with Crippen LogP contribution in [0.1, 0.15) is 19.3 Å². The molecular weight excluding hydrogens is 333 g/mol. The van der Waals surface area contributed by atoms with Gasteiger partial charge >= 0.3 is 0 Å². The number of rotatable bonds is 3. The lowest BCUT2D eigenvalue weighted by molar-refractivity contribution is 0.309. The highest BCUT2D eigenvalue weighted by molar-refractivity contribution is 7.89. The number of nitrogens with one attached hydrogen (secondary N) is 1. The van der Waals surface area contributed by atoms with Crippen LogP contribution in [0.4, 0.5) is 5.69 Å². The molecule has 2 aliphatic rings. The van der Waals surface area contributed by atoms with Crippen LogP contribution in [-0.2, 0) is 10.0 Å². The summed E-state index contributed by atoms with van der Waals surface area (Å²) in [5.74, 6) is 0. The Balaban J connectivity index is 1.86. The van der Waals surface area contributed by atoms with E-state index in [1.54, 1.807) is 0 Å². The summed E-state index contributed by atoms with van der Waals surface area (Å²) < 4.78 is 27.9. The molecule has 0 radical (unpaired) electrons. The van der Waals surface area contributed by atoms with Gasteiger partial charge < -0.3 is 5.73 Å². The first-order chi connectivity index (χ1) is 9.90. The molecule has 0 amide bonds. The number of fused-ring (bicyclic) bond motifs is 1. The van der Waals surface area contributed by atoms with Crippen LogP contribution < -0.4 is 10.5 Å². The molecular formula is C13H17Cl2N3O2S. The molecule has 2 saturated heterocycles. The van der Waals surface area contributed by atoms with E-state index < -0.39 is 10.0 Å². The Kier molecular flexibility index (Phi) is 4.09. The first-order valence-corrected chi connectivity index (χ1v) is 9.14. The molecule has 3 rings (SSSR count). The first-order valence-electron chi connectivity index (χ1n) is 6.90. The van der Waals surface area contributed by atoms with E-state index in [-0.39, 0.29) is 26.7 Å². The largest absolute Gasteiger partial charge is 0.396 e. The number of hydrogen-bond acceptors (Lipinski definition) is 4. The molecule has 1 aromatic carbocycles. The zero-order valence-corrected chi connectivity index (χ0v) is 13.7. The van der Waals surface area contributed by atoms with Crippen molar-refractivity contribution in [3.63, 3.8) is 0 Å². The summed E-state index contributed by atoms with van der Waals surface area (Å²) in [4.78, 5) is 2.33. The molecule has 3 N–H and O–H groups in total. The Morgan fingerprint density at radius 3 is 2.76 bits per heavy atom. The van der Waals surface area contributed by atoms with E-state index in [1.165, 1.54) is 12.1 Å². The topological polar surface area (TPSA) is 75.4 Å². The van der Waals surface area contributed by atoms with Gasteiger partial charge in [0, 0.05) is 18.6 Å². The van der Waals surface area contributed by atoms with Gasteiger partial charge in [-0.1, -0.05) is 23.2 Å². The summed E-state index contributed by atoms with van der Waals surface area (Å²) in [6.45, 7) is 1.99. The smallest absolute Gasteiger partial charge is 0.242 e. The fourth-order valence-electron chi connectivity index (χ4n) is 3.24. The molecule has 2 aliphatic heterocycles. The minimum Gasteiger partial charge on any atom is -0.396 e. The van der Waals surface area contributed by atoms with Gasteiger partial charge in [0.1, 0.15) is 4.90 Å². The molecule has 21 heavy (non-hydrogen) atoms. The van der Waals surface area contributed by atoms with E-state index in [2.05, 4.69) is 9.62 Å². The molecule has 8 heteroatoms. The van der Waals surface area contributed by atoms with Gasteiger partial charge in [-0.3, -0.25) is 4.90 Å². The lowest BCUT2D eigenvalue weighted by atomic mass is 10.1. The Morgan fingerprint density at radius 1 is 1.24 bits per heavy atom. The van der Waals surface area contributed by atoms with E-state index in [9.17, 15) is 8.42 Å². The van der Waals surface area contributed by atoms with Gasteiger partial charge in [0.2, 0.25) is 10.0 Å². The summed E-state index contributed by atoms with van der Waals surface area (Å²) in [7, 11) is -3.70. The van der Waals surface area contributed by atoms with E-state index in [0.29, 0.717) is 6.04 Å². The second-order valence-electron chi connectivity index (χ2n) is 5.54. The minimum atomic E-state index is -3.70. The van der Waals surface area contributed by atoms with Gasteiger partial charge in [0.05, 0.1) is 15.7 Å². The van der Waals surface area contributed by atoms with Crippen LogP contribution in [0.2, 0.25) is 10.0 Å². The highest BCUT2D eigenvalue weighted by atomic mass is 35.5. The predicted molar refractivity (Wildman–Crippen MR) is 84.2 cm³/mol. The number of hydrogen-bond donors (Lipinski definition) is 2. The lowest BCUT2D eigenvalue weighted by Gasteiger charge is -2.21. The average molecular weight is 350 g/mol. The molecule has 2 unspecified atom stereocenters. The molecule has 2 fully saturated rings. The molecule has 2 heterocycles. The molecule has 0 spiro atoms. The van der Waals surface area contributed by atoms with Crippen LogP contribution in [0, 0.1) is 0 Å². The summed E-state index contributed by atoms with van der Waals surface area (Å²) in [6.07, 6.45) is 2.98. The molecule has 2 atom stereocenters. The highest BCUT2D eigenvalue weighted by Crippen LogP contribution is 2.34. The van der Waals surface area contributed by atoms with E-state index in [0.717, 1.165) is 32.4 Å². The first kappa shape index (κ1) is 15.4. The Hall–Kier alpha value is -0.530. The Bertz CT molecular complexity index is 666. The average Bonchev–Trinajstić information content (AvgIpc) is 3.00. The van der Waals surface area contributed by atoms with Crippen LogP contribution in [0.15, 0.2) is 17.0 Å². The van der Waals surface area contributed by atoms with Crippen LogP contribution in [0.3, 0.4) is 0 Å². The Morgan fingerprint density at radius 2 is 2.00 bits per heavy atom. The van der Waals surface area contributed by atoms with Crippen molar-refractivity contribution in [2.24, 2.45) is 0 Å². The SMILES string of the molecule is Nc1c(Cl)ccc(S(=O)(=O)NC2CCN3CCCC23)c1Cl. The summed E-state index contributed by atoms with van der Waals surface area (Å²) >= 11 is 11.9. The third kappa shape index (κ3) is 2.75. The van der Waals surface area contributed by atoms with Crippen LogP contribution >= 0.6 is 23.2 Å². The number of nitrogen functional groups attached to an aromatic ring is 1. The van der Waals surface area contributed by atoms with Crippen molar-refractivity contribution >= 4 is 38.9 Å². The number of nitrogens with two attached hydrogens (primary N) is 1. The normalized spacial score (nSPS) is 26.2. The zero-order valence-electron chi connectivity index (χ0n) is 11.4. The third-order valence-corrected chi connectivity index (χ3v) is 6.67. The summed E-state index contributed by atoms with van der Waals surface area (Å²) in [6, 6.07) is 3.08. The van der Waals surface area contributed by atoms with Crippen molar-refractivity contribution in [1.82, 2.24) is 9.62 Å². The second kappa shape index (κ2) is 5.59. The standard InChI is InChI=1S/C13H17Cl2N3O2S/c14-8-3-4-11(12(15)13(8)16)21(19,20)17-9-5-7-18-6-1-2-10(9)18/h3-4,9-10,17H,1-2,5-7,16H2. The van der Waals surface area contributed by atoms with E-state index >= 15 is 0 Å². The van der Waals surface area contributed by atoms with Crippen molar-refractivity contribution < 1.29 is 8.42 Å². The number of sulfonamides is 1. The Labute approximate surface area is 134 Å². The number of anilines is 1. The molecule has 0 aromatic heterocycles. The maximum Gasteiger partial charge on any atom is 0.242 e. The van der Waals surface area contributed by atoms with Gasteiger partial charge in [-0.15, -0.1) is 0 Å². The summed E-state index contributed by atoms with van der Waals surface area (Å²) in [5, 5.41) is 0.234. The monoisotopic (exact) mass is 349 g/mol. The van der Waals surface area contributed by atoms with Crippen LogP contribution in [0.5, 0.6) is 0 Å². The zero-order chi connectivity index (χ0) is 15.2. The van der Waals surface area contributed by atoms with Crippen molar-refractivity contribution in [3.8, 4) is 0 Å². The highest BCUT2D eigenvalue weighted by Gasteiger charge is 2.39. The minimum absolute atomic E-state index is 0.0116.